The lowest BCUT2D eigenvalue weighted by molar-refractivity contribution is -0.136. The Hall–Kier alpha value is -1.62. The fourth-order valence-electron chi connectivity index (χ4n) is 1.39. The molecule has 0 aromatic carbocycles. The van der Waals surface area contributed by atoms with Gasteiger partial charge in [0.25, 0.3) is 0 Å². The molecule has 5 heteroatoms. The fraction of sp³-hybridized carbons (Fsp3) is 0.538. The number of carbonyl (C=O) groups is 2. The zero-order valence-electron chi connectivity index (χ0n) is 10.9. The van der Waals surface area contributed by atoms with E-state index in [1.165, 1.54) is 14.2 Å². The van der Waals surface area contributed by atoms with Gasteiger partial charge in [-0.05, 0) is 12.8 Å². The van der Waals surface area contributed by atoms with Crippen molar-refractivity contribution in [1.29, 1.82) is 0 Å². The van der Waals surface area contributed by atoms with Crippen LogP contribution in [0.15, 0.2) is 24.8 Å². The molecule has 0 spiro atoms. The van der Waals surface area contributed by atoms with Crippen molar-refractivity contribution in [3.05, 3.63) is 24.8 Å². The Kier molecular flexibility index (Phi) is 8.57. The minimum Gasteiger partial charge on any atom is -0.466 e. The molecule has 0 radical (unpaired) electrons. The second-order valence-electron chi connectivity index (χ2n) is 3.66. The number of carbonyl (C=O) groups excluding carboxylic acids is 2. The van der Waals surface area contributed by atoms with Crippen molar-refractivity contribution in [1.82, 2.24) is 0 Å². The minimum atomic E-state index is -0.394. The Balaban J connectivity index is 0.000000411. The Labute approximate surface area is 107 Å². The van der Waals surface area contributed by atoms with E-state index in [4.69, 9.17) is 4.74 Å². The molecule has 1 rings (SSSR count). The standard InChI is InChI=1S/C9H14O3.C4H6O2/c1-7(9(10)11-2)6-8-4-3-5-12-8;1-3-4(5)6-2/h8H,1,3-6H2,2H3;3H,1H2,2H3. The molecule has 1 unspecified atom stereocenters. The highest BCUT2D eigenvalue weighted by Gasteiger charge is 2.19. The molecule has 102 valence electrons. The molecular formula is C13H20O5. The van der Waals surface area contributed by atoms with Crippen LogP contribution in [0.1, 0.15) is 19.3 Å². The van der Waals surface area contributed by atoms with Crippen LogP contribution in [0.25, 0.3) is 0 Å². The van der Waals surface area contributed by atoms with Crippen LogP contribution in [0, 0.1) is 0 Å². The van der Waals surface area contributed by atoms with Gasteiger partial charge in [0.15, 0.2) is 0 Å². The van der Waals surface area contributed by atoms with Gasteiger partial charge in [-0.15, -0.1) is 0 Å². The maximum absolute atomic E-state index is 10.9. The van der Waals surface area contributed by atoms with Crippen molar-refractivity contribution in [3.8, 4) is 0 Å². The molecule has 18 heavy (non-hydrogen) atoms. The van der Waals surface area contributed by atoms with Crippen LogP contribution in [0.2, 0.25) is 0 Å². The first-order valence-electron chi connectivity index (χ1n) is 5.63. The average molecular weight is 256 g/mol. The van der Waals surface area contributed by atoms with Crippen molar-refractivity contribution >= 4 is 11.9 Å². The Morgan fingerprint density at radius 3 is 2.39 bits per heavy atom. The molecule has 0 aliphatic carbocycles. The van der Waals surface area contributed by atoms with Gasteiger partial charge in [0.2, 0.25) is 0 Å². The van der Waals surface area contributed by atoms with Crippen LogP contribution >= 0.6 is 0 Å². The first kappa shape index (κ1) is 16.4. The topological polar surface area (TPSA) is 61.8 Å². The Morgan fingerprint density at radius 1 is 1.39 bits per heavy atom. The molecule has 0 N–H and O–H groups in total. The molecule has 1 aliphatic heterocycles. The summed E-state index contributed by atoms with van der Waals surface area (Å²) in [4.78, 5) is 20.8. The van der Waals surface area contributed by atoms with Gasteiger partial charge in [-0.1, -0.05) is 13.2 Å². The van der Waals surface area contributed by atoms with Crippen molar-refractivity contribution in [3.63, 3.8) is 0 Å². The largest absolute Gasteiger partial charge is 0.466 e. The Bertz CT molecular complexity index is 303. The van der Waals surface area contributed by atoms with Crippen molar-refractivity contribution in [2.45, 2.75) is 25.4 Å². The molecular weight excluding hydrogens is 236 g/mol. The number of esters is 2. The van der Waals surface area contributed by atoms with Crippen LogP contribution in [0.4, 0.5) is 0 Å². The van der Waals surface area contributed by atoms with E-state index in [9.17, 15) is 9.59 Å². The van der Waals surface area contributed by atoms with Gasteiger partial charge in [-0.2, -0.15) is 0 Å². The summed E-state index contributed by atoms with van der Waals surface area (Å²) in [7, 11) is 2.67. The third-order valence-electron chi connectivity index (χ3n) is 2.34. The zero-order chi connectivity index (χ0) is 14.0. The summed E-state index contributed by atoms with van der Waals surface area (Å²) in [5.74, 6) is -0.722. The lowest BCUT2D eigenvalue weighted by atomic mass is 10.1. The van der Waals surface area contributed by atoms with E-state index in [2.05, 4.69) is 22.6 Å². The van der Waals surface area contributed by atoms with E-state index in [1.807, 2.05) is 0 Å². The smallest absolute Gasteiger partial charge is 0.333 e. The van der Waals surface area contributed by atoms with E-state index in [1.54, 1.807) is 0 Å². The van der Waals surface area contributed by atoms with Crippen molar-refractivity contribution < 1.29 is 23.8 Å². The normalized spacial score (nSPS) is 17.1. The minimum absolute atomic E-state index is 0.177. The lowest BCUT2D eigenvalue weighted by Crippen LogP contribution is -2.12. The third-order valence-corrected chi connectivity index (χ3v) is 2.34. The van der Waals surface area contributed by atoms with E-state index in [-0.39, 0.29) is 12.1 Å². The molecule has 0 bridgehead atoms. The second-order valence-corrected chi connectivity index (χ2v) is 3.66. The number of hydrogen-bond donors (Lipinski definition) is 0. The van der Waals surface area contributed by atoms with Gasteiger partial charge < -0.3 is 14.2 Å². The summed E-state index contributed by atoms with van der Waals surface area (Å²) in [5.41, 5.74) is 0.504. The molecule has 0 saturated carbocycles. The quantitative estimate of drug-likeness (QED) is 0.565. The summed E-state index contributed by atoms with van der Waals surface area (Å²) >= 11 is 0. The van der Waals surface area contributed by atoms with Crippen molar-refractivity contribution in [2.75, 3.05) is 20.8 Å². The zero-order valence-corrected chi connectivity index (χ0v) is 10.9. The number of rotatable bonds is 4. The van der Waals surface area contributed by atoms with Crippen LogP contribution < -0.4 is 0 Å². The molecule has 5 nitrogen and oxygen atoms in total. The van der Waals surface area contributed by atoms with E-state index in [0.717, 1.165) is 25.5 Å². The van der Waals surface area contributed by atoms with Gasteiger partial charge in [0, 0.05) is 24.7 Å². The van der Waals surface area contributed by atoms with E-state index in [0.29, 0.717) is 12.0 Å². The SMILES string of the molecule is C=C(CC1CCCO1)C(=O)OC.C=CC(=O)OC. The second kappa shape index (κ2) is 9.41. The summed E-state index contributed by atoms with van der Waals surface area (Å²) in [6.45, 7) is 7.60. The third kappa shape index (κ3) is 6.85. The molecule has 0 aromatic rings. The van der Waals surface area contributed by atoms with Crippen LogP contribution in [-0.2, 0) is 23.8 Å². The summed E-state index contributed by atoms with van der Waals surface area (Å²) in [6, 6.07) is 0. The summed E-state index contributed by atoms with van der Waals surface area (Å²) < 4.78 is 14.0. The van der Waals surface area contributed by atoms with E-state index < -0.39 is 5.97 Å². The maximum atomic E-state index is 10.9. The molecule has 0 aromatic heterocycles. The lowest BCUT2D eigenvalue weighted by Gasteiger charge is -2.09. The molecule has 1 atom stereocenters. The maximum Gasteiger partial charge on any atom is 0.333 e. The van der Waals surface area contributed by atoms with Crippen molar-refractivity contribution in [2.24, 2.45) is 0 Å². The average Bonchev–Trinajstić information content (AvgIpc) is 2.90. The first-order valence-corrected chi connectivity index (χ1v) is 5.63. The molecule has 1 heterocycles. The Morgan fingerprint density at radius 2 is 2.06 bits per heavy atom. The number of methoxy groups -OCH3 is 2. The van der Waals surface area contributed by atoms with Crippen LogP contribution in [-0.4, -0.2) is 38.9 Å². The highest BCUT2D eigenvalue weighted by atomic mass is 16.5. The van der Waals surface area contributed by atoms with Gasteiger partial charge in [0.1, 0.15) is 0 Å². The van der Waals surface area contributed by atoms with Gasteiger partial charge in [-0.3, -0.25) is 0 Å². The fourth-order valence-corrected chi connectivity index (χ4v) is 1.39. The highest BCUT2D eigenvalue weighted by molar-refractivity contribution is 5.87. The van der Waals surface area contributed by atoms with Crippen LogP contribution in [0.3, 0.4) is 0 Å². The predicted octanol–water partition coefficient (Wildman–Crippen LogP) is 1.63. The molecule has 1 aliphatic rings. The highest BCUT2D eigenvalue weighted by Crippen LogP contribution is 2.18. The molecule has 0 amide bonds. The van der Waals surface area contributed by atoms with Crippen LogP contribution in [0.5, 0.6) is 0 Å². The monoisotopic (exact) mass is 256 g/mol. The molecule has 1 fully saturated rings. The number of ether oxygens (including phenoxy) is 3. The summed E-state index contributed by atoms with van der Waals surface area (Å²) in [5, 5.41) is 0. The number of hydrogen-bond acceptors (Lipinski definition) is 5. The first-order chi connectivity index (χ1) is 8.54. The molecule has 1 saturated heterocycles. The van der Waals surface area contributed by atoms with E-state index >= 15 is 0 Å². The predicted molar refractivity (Wildman–Crippen MR) is 67.0 cm³/mol. The van der Waals surface area contributed by atoms with Gasteiger partial charge in [0.05, 0.1) is 20.3 Å². The van der Waals surface area contributed by atoms with Gasteiger partial charge >= 0.3 is 11.9 Å². The summed E-state index contributed by atoms with van der Waals surface area (Å²) in [6.07, 6.45) is 4.00. The van der Waals surface area contributed by atoms with Gasteiger partial charge in [-0.25, -0.2) is 9.59 Å².